The Morgan fingerprint density at radius 2 is 1.68 bits per heavy atom. The number of Topliss-reactive ketones (excluding diaryl/α,β-unsaturated/α-hetero) is 1. The second kappa shape index (κ2) is 7.03. The van der Waals surface area contributed by atoms with Crippen LogP contribution < -0.4 is 0 Å². The Hall–Kier alpha value is -0.500. The normalized spacial score (nSPS) is 48.4. The van der Waals surface area contributed by atoms with E-state index in [9.17, 15) is 18.3 Å². The Bertz CT molecular complexity index is 735. The van der Waals surface area contributed by atoms with Gasteiger partial charge >= 0.3 is 10.4 Å². The SMILES string of the molecule is C[C@]12CC[C@H](O)C[C@@H]1CC[C@@H]1[C@@H]2CC[C@]2(C)C(C(=O)COS(=O)(=O)O)CC[C@@H]12. The van der Waals surface area contributed by atoms with Crippen LogP contribution in [0, 0.1) is 40.4 Å². The van der Waals surface area contributed by atoms with Crippen molar-refractivity contribution in [2.75, 3.05) is 6.61 Å². The molecule has 0 saturated heterocycles. The number of fused-ring (bicyclic) bond motifs is 5. The molecular formula is C21H34O6S. The van der Waals surface area contributed by atoms with Gasteiger partial charge in [-0.2, -0.15) is 8.42 Å². The van der Waals surface area contributed by atoms with Gasteiger partial charge in [0, 0.05) is 5.92 Å². The van der Waals surface area contributed by atoms with E-state index in [0.29, 0.717) is 29.1 Å². The molecule has 0 amide bonds. The highest BCUT2D eigenvalue weighted by Gasteiger charge is 2.61. The summed E-state index contributed by atoms with van der Waals surface area (Å²) in [5.41, 5.74) is 0.206. The van der Waals surface area contributed by atoms with Gasteiger partial charge in [0.2, 0.25) is 0 Å². The molecule has 0 bridgehead atoms. The van der Waals surface area contributed by atoms with Crippen LogP contribution in [0.2, 0.25) is 0 Å². The standard InChI is InChI=1S/C21H34O6S/c1-20-9-7-14(22)11-13(20)3-4-15-16-5-6-18(19(23)12-27-28(24,25)26)21(16,2)10-8-17(15)20/h13-18,22H,3-12H2,1-2H3,(H,24,25,26)/t13-,14-,15-,16-,17-,18?,20-,21-/m0/s1. The number of hydrogen-bond acceptors (Lipinski definition) is 5. The zero-order valence-corrected chi connectivity index (χ0v) is 17.8. The quantitative estimate of drug-likeness (QED) is 0.684. The molecule has 4 aliphatic rings. The number of aliphatic hydroxyl groups excluding tert-OH is 1. The molecule has 4 aliphatic carbocycles. The van der Waals surface area contributed by atoms with Gasteiger partial charge in [0.05, 0.1) is 6.10 Å². The maximum atomic E-state index is 12.7. The Balaban J connectivity index is 1.51. The van der Waals surface area contributed by atoms with Crippen LogP contribution >= 0.6 is 0 Å². The van der Waals surface area contributed by atoms with Gasteiger partial charge in [0.15, 0.2) is 5.78 Å². The van der Waals surface area contributed by atoms with Crippen molar-refractivity contribution in [1.82, 2.24) is 0 Å². The number of ketones is 1. The minimum absolute atomic E-state index is 0.0990. The van der Waals surface area contributed by atoms with E-state index in [-0.39, 0.29) is 23.2 Å². The summed E-state index contributed by atoms with van der Waals surface area (Å²) in [5, 5.41) is 10.1. The minimum Gasteiger partial charge on any atom is -0.393 e. The van der Waals surface area contributed by atoms with E-state index in [1.165, 1.54) is 12.8 Å². The maximum absolute atomic E-state index is 12.7. The first kappa shape index (κ1) is 20.8. The Labute approximate surface area is 168 Å². The first-order chi connectivity index (χ1) is 13.0. The van der Waals surface area contributed by atoms with Gasteiger partial charge in [-0.15, -0.1) is 0 Å². The van der Waals surface area contributed by atoms with Gasteiger partial charge in [-0.05, 0) is 92.3 Å². The summed E-state index contributed by atoms with van der Waals surface area (Å²) in [6.45, 7) is 4.11. The molecule has 0 heterocycles. The molecule has 1 unspecified atom stereocenters. The molecule has 2 N–H and O–H groups in total. The predicted molar refractivity (Wildman–Crippen MR) is 104 cm³/mol. The number of carbonyl (C=O) groups is 1. The highest BCUT2D eigenvalue weighted by Crippen LogP contribution is 2.67. The number of hydrogen-bond donors (Lipinski definition) is 2. The molecule has 6 nitrogen and oxygen atoms in total. The van der Waals surface area contributed by atoms with Crippen LogP contribution in [-0.4, -0.2) is 36.6 Å². The van der Waals surface area contributed by atoms with Crippen molar-refractivity contribution >= 4 is 16.2 Å². The molecule has 0 aromatic heterocycles. The predicted octanol–water partition coefficient (Wildman–Crippen LogP) is 3.39. The molecule has 0 aromatic carbocycles. The van der Waals surface area contributed by atoms with E-state index in [2.05, 4.69) is 18.0 Å². The van der Waals surface area contributed by atoms with E-state index in [1.54, 1.807) is 0 Å². The third-order valence-electron chi connectivity index (χ3n) is 9.38. The first-order valence-electron chi connectivity index (χ1n) is 10.9. The van der Waals surface area contributed by atoms with Crippen molar-refractivity contribution in [3.05, 3.63) is 0 Å². The van der Waals surface area contributed by atoms with Crippen molar-refractivity contribution < 1.29 is 27.1 Å². The van der Waals surface area contributed by atoms with Gasteiger partial charge in [-0.25, -0.2) is 4.18 Å². The van der Waals surface area contributed by atoms with Crippen LogP contribution in [-0.2, 0) is 19.4 Å². The van der Waals surface area contributed by atoms with E-state index in [0.717, 1.165) is 44.9 Å². The molecule has 0 aromatic rings. The van der Waals surface area contributed by atoms with Crippen LogP contribution in [0.25, 0.3) is 0 Å². The number of carbonyl (C=O) groups excluding carboxylic acids is 1. The molecule has 0 aliphatic heterocycles. The smallest absolute Gasteiger partial charge is 0.393 e. The van der Waals surface area contributed by atoms with E-state index in [1.807, 2.05) is 0 Å². The zero-order chi connectivity index (χ0) is 20.3. The monoisotopic (exact) mass is 414 g/mol. The molecule has 28 heavy (non-hydrogen) atoms. The summed E-state index contributed by atoms with van der Waals surface area (Å²) in [7, 11) is -4.58. The van der Waals surface area contributed by atoms with Crippen molar-refractivity contribution in [1.29, 1.82) is 0 Å². The van der Waals surface area contributed by atoms with Gasteiger partial charge in [0.1, 0.15) is 6.61 Å². The Kier molecular flexibility index (Phi) is 5.21. The summed E-state index contributed by atoms with van der Waals surface area (Å²) in [6.07, 6.45) is 9.08. The largest absolute Gasteiger partial charge is 0.397 e. The fourth-order valence-corrected chi connectivity index (χ4v) is 8.26. The second-order valence-corrected chi connectivity index (χ2v) is 11.5. The molecule has 4 rings (SSSR count). The summed E-state index contributed by atoms with van der Waals surface area (Å²) < 4.78 is 34.9. The lowest BCUT2D eigenvalue weighted by Crippen LogP contribution is -2.54. The Morgan fingerprint density at radius 3 is 2.39 bits per heavy atom. The van der Waals surface area contributed by atoms with Crippen molar-refractivity contribution in [2.24, 2.45) is 40.4 Å². The van der Waals surface area contributed by atoms with Crippen molar-refractivity contribution in [3.8, 4) is 0 Å². The summed E-state index contributed by atoms with van der Waals surface area (Å²) >= 11 is 0. The van der Waals surface area contributed by atoms with Crippen molar-refractivity contribution in [3.63, 3.8) is 0 Å². The second-order valence-electron chi connectivity index (χ2n) is 10.4. The topological polar surface area (TPSA) is 101 Å². The van der Waals surface area contributed by atoms with Crippen LogP contribution in [0.5, 0.6) is 0 Å². The van der Waals surface area contributed by atoms with Crippen LogP contribution in [0.3, 0.4) is 0 Å². The average Bonchev–Trinajstić information content (AvgIpc) is 2.97. The molecule has 4 fully saturated rings. The molecule has 160 valence electrons. The Morgan fingerprint density at radius 1 is 1.00 bits per heavy atom. The molecule has 0 radical (unpaired) electrons. The first-order valence-corrected chi connectivity index (χ1v) is 12.2. The van der Waals surface area contributed by atoms with Gasteiger partial charge in [-0.3, -0.25) is 9.35 Å². The molecule has 8 atom stereocenters. The zero-order valence-electron chi connectivity index (χ0n) is 17.0. The van der Waals surface area contributed by atoms with Gasteiger partial charge < -0.3 is 5.11 Å². The van der Waals surface area contributed by atoms with Crippen LogP contribution in [0.15, 0.2) is 0 Å². The fourth-order valence-electron chi connectivity index (χ4n) is 8.00. The molecule has 0 spiro atoms. The van der Waals surface area contributed by atoms with Crippen LogP contribution in [0.1, 0.15) is 71.6 Å². The van der Waals surface area contributed by atoms with E-state index >= 15 is 0 Å². The third-order valence-corrected chi connectivity index (χ3v) is 9.79. The molecule has 7 heteroatoms. The lowest BCUT2D eigenvalue weighted by molar-refractivity contribution is -0.141. The lowest BCUT2D eigenvalue weighted by Gasteiger charge is -2.60. The fraction of sp³-hybridized carbons (Fsp3) is 0.952. The van der Waals surface area contributed by atoms with E-state index in [4.69, 9.17) is 4.55 Å². The highest BCUT2D eigenvalue weighted by molar-refractivity contribution is 7.80. The minimum atomic E-state index is -4.58. The third kappa shape index (κ3) is 3.36. The van der Waals surface area contributed by atoms with Crippen LogP contribution in [0.4, 0.5) is 0 Å². The lowest BCUT2D eigenvalue weighted by atomic mass is 9.44. The van der Waals surface area contributed by atoms with Crippen molar-refractivity contribution in [2.45, 2.75) is 77.7 Å². The summed E-state index contributed by atoms with van der Waals surface area (Å²) in [5.74, 6) is 2.02. The van der Waals surface area contributed by atoms with Gasteiger partial charge in [-0.1, -0.05) is 13.8 Å². The summed E-state index contributed by atoms with van der Waals surface area (Å²) in [4.78, 5) is 12.7. The maximum Gasteiger partial charge on any atom is 0.397 e. The number of aliphatic hydroxyl groups is 1. The van der Waals surface area contributed by atoms with Gasteiger partial charge in [0.25, 0.3) is 0 Å². The molecular weight excluding hydrogens is 380 g/mol. The molecule has 4 saturated carbocycles. The van der Waals surface area contributed by atoms with E-state index < -0.39 is 17.0 Å². The summed E-state index contributed by atoms with van der Waals surface area (Å²) in [6, 6.07) is 0. The number of rotatable bonds is 4. The average molecular weight is 415 g/mol. The highest BCUT2D eigenvalue weighted by atomic mass is 32.3.